The van der Waals surface area contributed by atoms with Gasteiger partial charge in [0.15, 0.2) is 6.61 Å². The molecule has 4 heteroatoms. The Labute approximate surface area is 115 Å². The number of nitrogens with zero attached hydrogens (tertiary/aromatic N) is 1. The highest BCUT2D eigenvalue weighted by molar-refractivity contribution is 5.77. The van der Waals surface area contributed by atoms with Gasteiger partial charge >= 0.3 is 0 Å². The van der Waals surface area contributed by atoms with E-state index in [2.05, 4.69) is 19.2 Å². The zero-order chi connectivity index (χ0) is 14.3. The number of benzene rings is 1. The van der Waals surface area contributed by atoms with E-state index in [1.807, 2.05) is 24.3 Å². The maximum absolute atomic E-state index is 11.4. The van der Waals surface area contributed by atoms with Crippen LogP contribution in [0.2, 0.25) is 0 Å². The molecule has 1 aromatic carbocycles. The van der Waals surface area contributed by atoms with Crippen LogP contribution < -0.4 is 10.1 Å². The molecule has 0 saturated carbocycles. The molecule has 0 fully saturated rings. The van der Waals surface area contributed by atoms with Crippen LogP contribution in [0.3, 0.4) is 0 Å². The normalized spacial score (nSPS) is 12.0. The van der Waals surface area contributed by atoms with Crippen molar-refractivity contribution >= 4 is 5.91 Å². The molecule has 0 aliphatic carbocycles. The van der Waals surface area contributed by atoms with Gasteiger partial charge in [-0.3, -0.25) is 4.79 Å². The molecule has 19 heavy (non-hydrogen) atoms. The van der Waals surface area contributed by atoms with Gasteiger partial charge in [-0.15, -0.1) is 0 Å². The minimum absolute atomic E-state index is 0.0398. The molecule has 0 aliphatic rings. The first kappa shape index (κ1) is 15.5. The number of carbonyl (C=O) groups excluding carboxylic acids is 1. The molecule has 1 N–H and O–H groups in total. The average molecular weight is 264 g/mol. The highest BCUT2D eigenvalue weighted by Gasteiger charge is 2.06. The third-order valence-electron chi connectivity index (χ3n) is 2.94. The molecule has 1 atom stereocenters. The predicted octanol–water partition coefficient (Wildman–Crippen LogP) is 2.21. The summed E-state index contributed by atoms with van der Waals surface area (Å²) >= 11 is 0. The summed E-state index contributed by atoms with van der Waals surface area (Å²) < 4.78 is 5.43. The molecule has 0 aromatic heterocycles. The van der Waals surface area contributed by atoms with Gasteiger partial charge in [-0.2, -0.15) is 0 Å². The zero-order valence-corrected chi connectivity index (χ0v) is 12.3. The Morgan fingerprint density at radius 3 is 2.47 bits per heavy atom. The van der Waals surface area contributed by atoms with E-state index in [4.69, 9.17) is 4.74 Å². The van der Waals surface area contributed by atoms with Gasteiger partial charge in [-0.1, -0.05) is 19.1 Å². The van der Waals surface area contributed by atoms with Crippen molar-refractivity contribution in [2.75, 3.05) is 27.2 Å². The quantitative estimate of drug-likeness (QED) is 0.821. The molecule has 1 rings (SSSR count). The summed E-state index contributed by atoms with van der Waals surface area (Å²) in [4.78, 5) is 12.9. The van der Waals surface area contributed by atoms with E-state index in [1.54, 1.807) is 14.1 Å². The molecule has 0 spiro atoms. The average Bonchev–Trinajstić information content (AvgIpc) is 2.42. The van der Waals surface area contributed by atoms with E-state index in [-0.39, 0.29) is 12.5 Å². The SMILES string of the molecule is CCCNC(C)c1ccc(OCC(=O)N(C)C)cc1. The van der Waals surface area contributed by atoms with Gasteiger partial charge < -0.3 is 15.0 Å². The van der Waals surface area contributed by atoms with Crippen LogP contribution in [0.15, 0.2) is 24.3 Å². The van der Waals surface area contributed by atoms with Crippen molar-refractivity contribution in [1.82, 2.24) is 10.2 Å². The van der Waals surface area contributed by atoms with E-state index in [0.717, 1.165) is 18.7 Å². The standard InChI is InChI=1S/C15H24N2O2/c1-5-10-16-12(2)13-6-8-14(9-7-13)19-11-15(18)17(3)4/h6-9,12,16H,5,10-11H2,1-4H3. The highest BCUT2D eigenvalue weighted by atomic mass is 16.5. The van der Waals surface area contributed by atoms with Crippen molar-refractivity contribution in [3.05, 3.63) is 29.8 Å². The Morgan fingerprint density at radius 1 is 1.32 bits per heavy atom. The summed E-state index contributed by atoms with van der Waals surface area (Å²) in [6.45, 7) is 5.38. The molecule has 106 valence electrons. The lowest BCUT2D eigenvalue weighted by molar-refractivity contribution is -0.130. The van der Waals surface area contributed by atoms with Crippen LogP contribution in [0.5, 0.6) is 5.75 Å². The Hall–Kier alpha value is -1.55. The van der Waals surface area contributed by atoms with Gasteiger partial charge in [-0.25, -0.2) is 0 Å². The minimum atomic E-state index is -0.0398. The first-order valence-corrected chi connectivity index (χ1v) is 6.71. The maximum Gasteiger partial charge on any atom is 0.259 e. The second kappa shape index (κ2) is 7.79. The topological polar surface area (TPSA) is 41.6 Å². The molecule has 1 unspecified atom stereocenters. The van der Waals surface area contributed by atoms with Gasteiger partial charge in [0.2, 0.25) is 0 Å². The molecule has 1 aromatic rings. The predicted molar refractivity (Wildman–Crippen MR) is 77.3 cm³/mol. The highest BCUT2D eigenvalue weighted by Crippen LogP contribution is 2.17. The number of nitrogens with one attached hydrogen (secondary N) is 1. The van der Waals surface area contributed by atoms with E-state index in [1.165, 1.54) is 10.5 Å². The smallest absolute Gasteiger partial charge is 0.259 e. The van der Waals surface area contributed by atoms with Crippen LogP contribution in [0, 0.1) is 0 Å². The van der Waals surface area contributed by atoms with E-state index < -0.39 is 0 Å². The molecule has 4 nitrogen and oxygen atoms in total. The number of hydrogen-bond donors (Lipinski definition) is 1. The maximum atomic E-state index is 11.4. The van der Waals surface area contributed by atoms with Crippen molar-refractivity contribution in [3.8, 4) is 5.75 Å². The molecule has 0 saturated heterocycles. The zero-order valence-electron chi connectivity index (χ0n) is 12.3. The summed E-state index contributed by atoms with van der Waals surface area (Å²) in [6, 6.07) is 8.20. The third-order valence-corrected chi connectivity index (χ3v) is 2.94. The van der Waals surface area contributed by atoms with Crippen molar-refractivity contribution in [1.29, 1.82) is 0 Å². The molecule has 1 amide bonds. The summed E-state index contributed by atoms with van der Waals surface area (Å²) in [6.07, 6.45) is 1.12. The lowest BCUT2D eigenvalue weighted by Gasteiger charge is -2.15. The number of rotatable bonds is 7. The van der Waals surface area contributed by atoms with E-state index in [9.17, 15) is 4.79 Å². The summed E-state index contributed by atoms with van der Waals surface area (Å²) in [5.74, 6) is 0.684. The van der Waals surface area contributed by atoms with Crippen LogP contribution in [0.1, 0.15) is 31.9 Å². The van der Waals surface area contributed by atoms with Gasteiger partial charge in [0, 0.05) is 20.1 Å². The fraction of sp³-hybridized carbons (Fsp3) is 0.533. The second-order valence-electron chi connectivity index (χ2n) is 4.82. The first-order chi connectivity index (χ1) is 9.04. The fourth-order valence-electron chi connectivity index (χ4n) is 1.61. The van der Waals surface area contributed by atoms with Crippen molar-refractivity contribution in [3.63, 3.8) is 0 Å². The molecular weight excluding hydrogens is 240 g/mol. The van der Waals surface area contributed by atoms with Crippen LogP contribution in [-0.4, -0.2) is 38.1 Å². The van der Waals surface area contributed by atoms with Crippen LogP contribution in [-0.2, 0) is 4.79 Å². The minimum Gasteiger partial charge on any atom is -0.484 e. The second-order valence-corrected chi connectivity index (χ2v) is 4.82. The Balaban J connectivity index is 2.49. The monoisotopic (exact) mass is 264 g/mol. The van der Waals surface area contributed by atoms with Gasteiger partial charge in [0.05, 0.1) is 0 Å². The lowest BCUT2D eigenvalue weighted by atomic mass is 10.1. The number of hydrogen-bond acceptors (Lipinski definition) is 3. The molecule has 0 bridgehead atoms. The third kappa shape index (κ3) is 5.30. The Kier molecular flexibility index (Phi) is 6.36. The van der Waals surface area contributed by atoms with Crippen molar-refractivity contribution in [2.45, 2.75) is 26.3 Å². The Morgan fingerprint density at radius 2 is 1.95 bits per heavy atom. The number of amides is 1. The van der Waals surface area contributed by atoms with E-state index >= 15 is 0 Å². The van der Waals surface area contributed by atoms with Crippen LogP contribution >= 0.6 is 0 Å². The Bertz CT molecular complexity index is 388. The lowest BCUT2D eigenvalue weighted by Crippen LogP contribution is -2.27. The van der Waals surface area contributed by atoms with Gasteiger partial charge in [0.25, 0.3) is 5.91 Å². The number of likely N-dealkylation sites (N-methyl/N-ethyl adjacent to an activating group) is 1. The summed E-state index contributed by atoms with van der Waals surface area (Å²) in [7, 11) is 3.44. The summed E-state index contributed by atoms with van der Waals surface area (Å²) in [5, 5.41) is 3.43. The van der Waals surface area contributed by atoms with Crippen LogP contribution in [0.25, 0.3) is 0 Å². The largest absolute Gasteiger partial charge is 0.484 e. The van der Waals surface area contributed by atoms with Crippen molar-refractivity contribution < 1.29 is 9.53 Å². The van der Waals surface area contributed by atoms with Gasteiger partial charge in [0.1, 0.15) is 5.75 Å². The molecule has 0 aliphatic heterocycles. The summed E-state index contributed by atoms with van der Waals surface area (Å²) in [5.41, 5.74) is 1.22. The molecule has 0 radical (unpaired) electrons. The van der Waals surface area contributed by atoms with Crippen LogP contribution in [0.4, 0.5) is 0 Å². The molecular formula is C15H24N2O2. The first-order valence-electron chi connectivity index (χ1n) is 6.71. The van der Waals surface area contributed by atoms with Crippen molar-refractivity contribution in [2.24, 2.45) is 0 Å². The van der Waals surface area contributed by atoms with Gasteiger partial charge in [-0.05, 0) is 37.6 Å². The fourth-order valence-corrected chi connectivity index (χ4v) is 1.61. The molecule has 0 heterocycles. The van der Waals surface area contributed by atoms with E-state index in [0.29, 0.717) is 6.04 Å². The number of carbonyl (C=O) groups is 1. The number of ether oxygens (including phenoxy) is 1.